The third-order valence-electron chi connectivity index (χ3n) is 11.6. The van der Waals surface area contributed by atoms with Crippen molar-refractivity contribution in [3.8, 4) is 40.2 Å². The number of non-ortho nitro benzene ring substituents is 3. The number of para-hydroxylation sites is 2. The van der Waals surface area contributed by atoms with Crippen LogP contribution in [0.5, 0.6) is 40.2 Å². The second kappa shape index (κ2) is 42.2. The number of ether oxygens (including phenoxy) is 3. The Hall–Kier alpha value is -15.1. The van der Waals surface area contributed by atoms with Crippen molar-refractivity contribution in [1.82, 2.24) is 0 Å². The Balaban J connectivity index is 0.000000573. The Morgan fingerprint density at radius 3 is 1.21 bits per heavy atom. The van der Waals surface area contributed by atoms with Crippen molar-refractivity contribution >= 4 is 95.8 Å². The van der Waals surface area contributed by atoms with Gasteiger partial charge >= 0.3 is 11.4 Å². The van der Waals surface area contributed by atoms with Crippen molar-refractivity contribution in [1.29, 1.82) is 0 Å². The molecule has 0 unspecified atom stereocenters. The van der Waals surface area contributed by atoms with Crippen LogP contribution < -0.4 is 14.2 Å². The largest absolute Gasteiger partial charge is 0.508 e. The second-order valence-electron chi connectivity index (χ2n) is 17.8. The fraction of sp³-hybridized carbons (Fsp3) is 0.0667. The van der Waals surface area contributed by atoms with Gasteiger partial charge in [-0.3, -0.25) is 119 Å². The van der Waals surface area contributed by atoms with Crippen LogP contribution in [0.25, 0.3) is 0 Å². The van der Waals surface area contributed by atoms with E-state index in [2.05, 4.69) is 9.47 Å². The number of benzene rings is 8. The van der Waals surface area contributed by atoms with Crippen LogP contribution in [0.3, 0.4) is 0 Å². The van der Waals surface area contributed by atoms with Crippen molar-refractivity contribution in [3.63, 3.8) is 0 Å². The molecule has 8 rings (SSSR count). The van der Waals surface area contributed by atoms with E-state index >= 15 is 0 Å². The standard InChI is InChI=1S/C9H9NO5.2C8H7NO5.2C7H5NO4.3C7H5NO3/c1-15-9-3-6(4-11)8(10(13)14)2-7(9)5-12;1-14-7-3-6(9(12)13)2-5(4-10)8(7)11;1-14-7-3-5(4-10)2-6(8(7)11)9(12)13;9-4-5-3-6(10)1-2-7(5)8(11)12;9-4-5-2-1-3-6(7(5)10)8(11)12;9-5-6-1-3-7(4-2-6)8(10)11;9-5-6-2-1-3-7(4-6)8(10)11;9-5-6-3-1-2-4-7(6)8(10)11/h2-4,12H,5H2,1H3;2*2-4,11H,1H3;2*1-4,10H;3*1-5H. The van der Waals surface area contributed by atoms with Gasteiger partial charge in [0.2, 0.25) is 11.5 Å². The zero-order chi connectivity index (χ0) is 75.9. The number of phenols is 4. The fourth-order valence-electron chi connectivity index (χ4n) is 6.87. The van der Waals surface area contributed by atoms with Crippen molar-refractivity contribution in [2.45, 2.75) is 6.61 Å². The lowest BCUT2D eigenvalue weighted by Crippen LogP contribution is -1.99. The average molecular weight is 1390 g/mol. The number of hydrogen-bond acceptors (Lipinski definition) is 32. The fourth-order valence-corrected chi connectivity index (χ4v) is 6.87. The summed E-state index contributed by atoms with van der Waals surface area (Å²) in [5.74, 6) is -1.66. The lowest BCUT2D eigenvalue weighted by Gasteiger charge is -2.06. The number of rotatable bonds is 20. The van der Waals surface area contributed by atoms with E-state index in [1.165, 1.54) is 112 Å². The topological polar surface area (TPSA) is 611 Å². The van der Waals surface area contributed by atoms with E-state index < -0.39 is 68.0 Å². The Kier molecular flexibility index (Phi) is 35.0. The summed E-state index contributed by atoms with van der Waals surface area (Å²) in [7, 11) is 3.84. The number of nitro benzene ring substituents is 8. The molecule has 0 saturated heterocycles. The van der Waals surface area contributed by atoms with Gasteiger partial charge in [-0.1, -0.05) is 30.3 Å². The molecule has 0 radical (unpaired) electrons. The smallest absolute Gasteiger partial charge is 0.315 e. The third-order valence-corrected chi connectivity index (χ3v) is 11.6. The monoisotopic (exact) mass is 1390 g/mol. The molecule has 0 amide bonds. The summed E-state index contributed by atoms with van der Waals surface area (Å²) in [6.07, 6.45) is 3.52. The summed E-state index contributed by atoms with van der Waals surface area (Å²) in [6, 6.07) is 30.4. The molecule has 8 aromatic rings. The zero-order valence-electron chi connectivity index (χ0n) is 51.0. The highest BCUT2D eigenvalue weighted by Crippen LogP contribution is 2.37. The van der Waals surface area contributed by atoms with Crippen LogP contribution in [-0.4, -0.2) is 137 Å². The minimum atomic E-state index is -0.787. The van der Waals surface area contributed by atoms with Crippen LogP contribution in [0.15, 0.2) is 146 Å². The maximum absolute atomic E-state index is 10.6. The van der Waals surface area contributed by atoms with E-state index in [0.29, 0.717) is 61.4 Å². The lowest BCUT2D eigenvalue weighted by molar-refractivity contribution is -0.386. The van der Waals surface area contributed by atoms with Crippen LogP contribution in [0, 0.1) is 80.9 Å². The quantitative estimate of drug-likeness (QED) is 0.0269. The Labute approximate surface area is 556 Å². The van der Waals surface area contributed by atoms with Gasteiger partial charge in [-0.25, -0.2) is 0 Å². The van der Waals surface area contributed by atoms with Crippen LogP contribution in [0.2, 0.25) is 0 Å². The predicted octanol–water partition coefficient (Wildman–Crippen LogP) is 9.60. The van der Waals surface area contributed by atoms with Crippen LogP contribution in [-0.2, 0) is 6.61 Å². The molecule has 0 spiro atoms. The van der Waals surface area contributed by atoms with E-state index in [9.17, 15) is 129 Å². The van der Waals surface area contributed by atoms with Crippen molar-refractivity contribution in [2.24, 2.45) is 0 Å². The highest BCUT2D eigenvalue weighted by Gasteiger charge is 2.22. The summed E-state index contributed by atoms with van der Waals surface area (Å²) in [4.78, 5) is 160. The second-order valence-corrected chi connectivity index (χ2v) is 17.8. The SMILES string of the molecule is COc1cc(C=O)c([N+](=O)[O-])cc1CO.COc1cc(C=O)cc([N+](=O)[O-])c1O.COc1cc([N+](=O)[O-])cc(C=O)c1O.O=Cc1cc(O)ccc1[N+](=O)[O-].O=Cc1ccc([N+](=O)[O-])cc1.O=Cc1cccc([N+](=O)[O-])c1.O=Cc1cccc([N+](=O)[O-])c1O.O=Cc1ccccc1[N+](=O)[O-]. The van der Waals surface area contributed by atoms with Gasteiger partial charge in [0.05, 0.1) is 101 Å². The number of hydrogen-bond donors (Lipinski definition) is 5. The molecule has 100 heavy (non-hydrogen) atoms. The summed E-state index contributed by atoms with van der Waals surface area (Å²) >= 11 is 0. The number of aldehydes is 8. The Bertz CT molecular complexity index is 4350. The molecule has 40 heteroatoms. The molecular formula is C60H48N8O32. The Morgan fingerprint density at radius 2 is 0.760 bits per heavy atom. The van der Waals surface area contributed by atoms with E-state index in [1.54, 1.807) is 6.07 Å². The number of carbonyl (C=O) groups is 8. The maximum Gasteiger partial charge on any atom is 0.315 e. The normalized spacial score (nSPS) is 9.36. The van der Waals surface area contributed by atoms with E-state index in [-0.39, 0.29) is 103 Å². The third kappa shape index (κ3) is 25.8. The molecule has 0 bridgehead atoms. The molecule has 0 heterocycles. The number of aliphatic hydroxyl groups excluding tert-OH is 1. The van der Waals surface area contributed by atoms with Crippen molar-refractivity contribution in [3.05, 3.63) is 277 Å². The lowest BCUT2D eigenvalue weighted by atomic mass is 10.1. The first-order chi connectivity index (χ1) is 47.4. The number of aliphatic hydroxyl groups is 1. The number of methoxy groups -OCH3 is 3. The van der Waals surface area contributed by atoms with Crippen LogP contribution in [0.4, 0.5) is 45.5 Å². The molecule has 0 aliphatic carbocycles. The summed E-state index contributed by atoms with van der Waals surface area (Å²) in [5, 5.41) is 128. The van der Waals surface area contributed by atoms with Gasteiger partial charge in [-0.15, -0.1) is 0 Å². The number of phenolic OH excluding ortho intramolecular Hbond substituents is 4. The molecule has 0 fully saturated rings. The first kappa shape index (κ1) is 82.9. The van der Waals surface area contributed by atoms with Gasteiger partial charge < -0.3 is 39.7 Å². The molecule has 0 atom stereocenters. The molecule has 40 nitrogen and oxygen atoms in total. The molecular weight excluding hydrogens is 1340 g/mol. The summed E-state index contributed by atoms with van der Waals surface area (Å²) in [5.41, 5.74) is -1.40. The highest BCUT2D eigenvalue weighted by atomic mass is 16.7. The Morgan fingerprint density at radius 1 is 0.310 bits per heavy atom. The first-order valence-electron chi connectivity index (χ1n) is 26.2. The van der Waals surface area contributed by atoms with Gasteiger partial charge in [0, 0.05) is 82.9 Å². The number of nitrogens with zero attached hydrogens (tertiary/aromatic N) is 8. The van der Waals surface area contributed by atoms with Crippen molar-refractivity contribution < 1.29 is 117 Å². The minimum Gasteiger partial charge on any atom is -0.508 e. The van der Waals surface area contributed by atoms with Gasteiger partial charge in [0.25, 0.3) is 34.1 Å². The summed E-state index contributed by atoms with van der Waals surface area (Å²) < 4.78 is 14.2. The van der Waals surface area contributed by atoms with Gasteiger partial charge in [0.15, 0.2) is 48.7 Å². The van der Waals surface area contributed by atoms with Gasteiger partial charge in [0.1, 0.15) is 30.4 Å². The highest BCUT2D eigenvalue weighted by molar-refractivity contribution is 5.85. The van der Waals surface area contributed by atoms with Gasteiger partial charge in [-0.2, -0.15) is 0 Å². The van der Waals surface area contributed by atoms with E-state index in [4.69, 9.17) is 20.1 Å². The van der Waals surface area contributed by atoms with Gasteiger partial charge in [-0.05, 0) is 48.5 Å². The summed E-state index contributed by atoms with van der Waals surface area (Å²) in [6.45, 7) is -0.386. The molecule has 0 aliphatic rings. The van der Waals surface area contributed by atoms with E-state index in [0.717, 1.165) is 48.5 Å². The molecule has 8 aromatic carbocycles. The molecule has 5 N–H and O–H groups in total. The molecule has 0 aromatic heterocycles. The predicted molar refractivity (Wildman–Crippen MR) is 340 cm³/mol. The van der Waals surface area contributed by atoms with E-state index in [1.807, 2.05) is 0 Å². The first-order valence-corrected chi connectivity index (χ1v) is 26.2. The maximum atomic E-state index is 10.6. The zero-order valence-corrected chi connectivity index (χ0v) is 51.0. The minimum absolute atomic E-state index is 0.00407. The average Bonchev–Trinajstić information content (AvgIpc) is 0.833. The number of aromatic hydroxyl groups is 4. The van der Waals surface area contributed by atoms with Crippen molar-refractivity contribution in [2.75, 3.05) is 21.3 Å². The van der Waals surface area contributed by atoms with Crippen LogP contribution in [0.1, 0.15) is 88.4 Å². The number of carbonyl (C=O) groups excluding carboxylic acids is 8. The molecule has 0 saturated carbocycles. The number of nitro groups is 8. The van der Waals surface area contributed by atoms with Crippen LogP contribution >= 0.6 is 0 Å². The molecule has 520 valence electrons. The molecule has 0 aliphatic heterocycles.